The molecule has 0 radical (unpaired) electrons. The Morgan fingerprint density at radius 3 is 1.67 bits per heavy atom. The molecule has 0 saturated carbocycles. The number of hydrogen-bond donors (Lipinski definition) is 0. The van der Waals surface area contributed by atoms with Crippen LogP contribution in [0.15, 0.2) is 162 Å². The van der Waals surface area contributed by atoms with Crippen molar-refractivity contribution >= 4 is 54.3 Å². The molecule has 0 amide bonds. The highest BCUT2D eigenvalue weighted by atomic mass is 16.3. The predicted octanol–water partition coefficient (Wildman–Crippen LogP) is 12.0. The molecule has 8 aromatic carbocycles. The summed E-state index contributed by atoms with van der Waals surface area (Å²) in [4.78, 5) is 0. The average molecular weight is 558 g/mol. The molecule has 0 N–H and O–H groups in total. The van der Waals surface area contributed by atoms with Crippen molar-refractivity contribution in [1.82, 2.24) is 0 Å². The topological polar surface area (TPSA) is 13.1 Å². The zero-order valence-electron chi connectivity index (χ0n) is 33.6. The third-order valence-electron chi connectivity index (χ3n) is 7.98. The van der Waals surface area contributed by atoms with Crippen molar-refractivity contribution in [2.45, 2.75) is 0 Å². The van der Waals surface area contributed by atoms with Gasteiger partial charge in [0.2, 0.25) is 0 Å². The molecule has 0 aliphatic carbocycles. The first-order valence-electron chi connectivity index (χ1n) is 19.4. The fourth-order valence-corrected chi connectivity index (χ4v) is 6.17. The minimum atomic E-state index is -0.667. The largest absolute Gasteiger partial charge is 0.456 e. The van der Waals surface area contributed by atoms with Gasteiger partial charge in [-0.3, -0.25) is 0 Å². The quantitative estimate of drug-likeness (QED) is 0.197. The van der Waals surface area contributed by atoms with E-state index >= 15 is 0 Å². The normalized spacial score (nSPS) is 15.3. The zero-order valence-corrected chi connectivity index (χ0v) is 22.6. The Hall–Kier alpha value is -5.66. The van der Waals surface area contributed by atoms with Crippen LogP contribution in [0.25, 0.3) is 87.6 Å². The van der Waals surface area contributed by atoms with Crippen LogP contribution in [-0.4, -0.2) is 0 Å². The van der Waals surface area contributed by atoms with Crippen LogP contribution >= 0.6 is 0 Å². The van der Waals surface area contributed by atoms with E-state index in [2.05, 4.69) is 0 Å². The maximum absolute atomic E-state index is 9.59. The fourth-order valence-electron chi connectivity index (χ4n) is 6.17. The number of benzene rings is 8. The third-order valence-corrected chi connectivity index (χ3v) is 7.98. The molecule has 43 heavy (non-hydrogen) atoms. The molecule has 0 aliphatic rings. The van der Waals surface area contributed by atoms with Crippen molar-refractivity contribution in [1.29, 1.82) is 0 Å². The molecule has 0 aliphatic heterocycles. The summed E-state index contributed by atoms with van der Waals surface area (Å²) in [6.07, 6.45) is 0. The van der Waals surface area contributed by atoms with Crippen LogP contribution in [0, 0.1) is 0 Å². The summed E-state index contributed by atoms with van der Waals surface area (Å²) in [6, 6.07) is 22.9. The van der Waals surface area contributed by atoms with Gasteiger partial charge in [0.15, 0.2) is 0 Å². The number of furan rings is 1. The van der Waals surface area contributed by atoms with E-state index in [0.29, 0.717) is 16.3 Å². The summed E-state index contributed by atoms with van der Waals surface area (Å²) in [5.74, 6) is 0. The van der Waals surface area contributed by atoms with Crippen molar-refractivity contribution in [3.8, 4) is 33.4 Å². The molecule has 9 rings (SSSR count). The van der Waals surface area contributed by atoms with Crippen molar-refractivity contribution in [2.24, 2.45) is 0 Å². The first-order chi connectivity index (χ1) is 25.9. The van der Waals surface area contributed by atoms with Gasteiger partial charge in [-0.15, -0.1) is 0 Å². The monoisotopic (exact) mass is 557 g/mol. The van der Waals surface area contributed by atoms with E-state index in [1.54, 1.807) is 0 Å². The van der Waals surface area contributed by atoms with Crippen LogP contribution in [0.5, 0.6) is 0 Å². The summed E-state index contributed by atoms with van der Waals surface area (Å²) in [5, 5.41) is 4.44. The van der Waals surface area contributed by atoms with E-state index in [9.17, 15) is 5.48 Å². The molecule has 9 aromatic rings. The lowest BCUT2D eigenvalue weighted by Crippen LogP contribution is -1.91. The van der Waals surface area contributed by atoms with Crippen LogP contribution in [0.3, 0.4) is 0 Å². The highest BCUT2D eigenvalue weighted by Crippen LogP contribution is 2.47. The summed E-state index contributed by atoms with van der Waals surface area (Å²) < 4.78 is 103. The highest BCUT2D eigenvalue weighted by molar-refractivity contribution is 6.25. The van der Waals surface area contributed by atoms with E-state index in [0.717, 1.165) is 43.8 Å². The first-order valence-corrected chi connectivity index (χ1v) is 13.9. The molecule has 0 saturated heterocycles. The molecule has 0 bridgehead atoms. The van der Waals surface area contributed by atoms with Gasteiger partial charge in [-0.25, -0.2) is 0 Å². The standard InChI is InChI=1S/C42H26O/c1-2-11-27(12-3-1)28-21-22-30-26-31(24-23-29(30)25-28)40-32-13-4-6-15-34(32)41(35-16-7-5-14-33(35)40)37-18-10-20-39-42(37)36-17-8-9-19-38(36)43-39/h1-26H/i1D,2D,3D,11D,12D,21D,22D,23D,24D,25D,26D. The summed E-state index contributed by atoms with van der Waals surface area (Å²) in [7, 11) is 0. The van der Waals surface area contributed by atoms with Gasteiger partial charge in [-0.05, 0) is 89.9 Å². The van der Waals surface area contributed by atoms with E-state index < -0.39 is 65.5 Å². The smallest absolute Gasteiger partial charge is 0.136 e. The van der Waals surface area contributed by atoms with Gasteiger partial charge in [-0.1, -0.05) is 133 Å². The van der Waals surface area contributed by atoms with E-state index in [1.165, 1.54) is 0 Å². The Morgan fingerprint density at radius 2 is 0.977 bits per heavy atom. The van der Waals surface area contributed by atoms with Crippen LogP contribution in [0.4, 0.5) is 0 Å². The molecule has 1 nitrogen and oxygen atoms in total. The Balaban J connectivity index is 1.41. The molecule has 0 unspecified atom stereocenters. The van der Waals surface area contributed by atoms with Crippen molar-refractivity contribution < 1.29 is 19.5 Å². The second-order valence-corrected chi connectivity index (χ2v) is 10.4. The number of rotatable bonds is 3. The van der Waals surface area contributed by atoms with E-state index in [4.69, 9.17) is 14.0 Å². The van der Waals surface area contributed by atoms with Crippen LogP contribution in [0.2, 0.25) is 0 Å². The van der Waals surface area contributed by atoms with Gasteiger partial charge < -0.3 is 4.42 Å². The van der Waals surface area contributed by atoms with Crippen LogP contribution < -0.4 is 0 Å². The van der Waals surface area contributed by atoms with Gasteiger partial charge in [0.1, 0.15) is 11.2 Å². The lowest BCUT2D eigenvalue weighted by atomic mass is 9.84. The minimum absolute atomic E-state index is 0.0567. The van der Waals surface area contributed by atoms with Crippen molar-refractivity contribution in [2.75, 3.05) is 0 Å². The Kier molecular flexibility index (Phi) is 3.41. The maximum atomic E-state index is 9.59. The average Bonchev–Trinajstić information content (AvgIpc) is 3.57. The molecule has 0 atom stereocenters. The first kappa shape index (κ1) is 15.5. The molecular formula is C42H26O. The zero-order chi connectivity index (χ0) is 37.9. The number of para-hydroxylation sites is 1. The van der Waals surface area contributed by atoms with E-state index in [-0.39, 0.29) is 28.4 Å². The Bertz CT molecular complexity index is 3040. The maximum Gasteiger partial charge on any atom is 0.136 e. The molecule has 1 heterocycles. The molecular weight excluding hydrogens is 520 g/mol. The van der Waals surface area contributed by atoms with Gasteiger partial charge >= 0.3 is 0 Å². The Morgan fingerprint density at radius 1 is 0.419 bits per heavy atom. The third kappa shape index (κ3) is 3.72. The minimum Gasteiger partial charge on any atom is -0.456 e. The van der Waals surface area contributed by atoms with Crippen molar-refractivity contribution in [3.63, 3.8) is 0 Å². The summed E-state index contributed by atoms with van der Waals surface area (Å²) in [6.45, 7) is 0. The van der Waals surface area contributed by atoms with Crippen LogP contribution in [-0.2, 0) is 0 Å². The number of hydrogen-bond acceptors (Lipinski definition) is 1. The molecule has 1 heteroatoms. The summed E-state index contributed by atoms with van der Waals surface area (Å²) in [5.41, 5.74) is 3.01. The van der Waals surface area contributed by atoms with Gasteiger partial charge in [0, 0.05) is 10.8 Å². The Labute approximate surface area is 264 Å². The molecule has 1 aromatic heterocycles. The lowest BCUT2D eigenvalue weighted by Gasteiger charge is -2.18. The highest BCUT2D eigenvalue weighted by Gasteiger charge is 2.20. The summed E-state index contributed by atoms with van der Waals surface area (Å²) >= 11 is 0. The van der Waals surface area contributed by atoms with Crippen molar-refractivity contribution in [3.05, 3.63) is 157 Å². The molecule has 0 spiro atoms. The number of fused-ring (bicyclic) bond motifs is 6. The van der Waals surface area contributed by atoms with Crippen LogP contribution in [0.1, 0.15) is 15.1 Å². The second kappa shape index (κ2) is 9.44. The second-order valence-electron chi connectivity index (χ2n) is 10.4. The van der Waals surface area contributed by atoms with E-state index in [1.807, 2.05) is 91.0 Å². The molecule has 0 fully saturated rings. The van der Waals surface area contributed by atoms with Gasteiger partial charge in [0.05, 0.1) is 15.1 Å². The lowest BCUT2D eigenvalue weighted by molar-refractivity contribution is 0.669. The van der Waals surface area contributed by atoms with Gasteiger partial charge in [0.25, 0.3) is 0 Å². The van der Waals surface area contributed by atoms with Gasteiger partial charge in [-0.2, -0.15) is 0 Å². The fraction of sp³-hybridized carbons (Fsp3) is 0. The predicted molar refractivity (Wildman–Crippen MR) is 183 cm³/mol. The SMILES string of the molecule is [2H]c1c([2H])c([2H])c(-c2c([2H])c([2H])c3c([2H])c(-c4c5ccccc5c(-c5cccc6oc7ccccc7c56)c5ccccc45)c([2H])c([2H])c3c2[2H])c([2H])c1[2H]. The molecule has 200 valence electrons.